The first-order valence-corrected chi connectivity index (χ1v) is 6.09. The molecule has 0 atom stereocenters. The number of carbonyl (C=O) groups is 2. The number of nitrogens with one attached hydrogen (secondary N) is 1. The molecular weight excluding hydrogens is 220 g/mol. The highest BCUT2D eigenvalue weighted by molar-refractivity contribution is 5.77. The number of aliphatic carboxylic acids is 1. The summed E-state index contributed by atoms with van der Waals surface area (Å²) < 4.78 is 0. The molecule has 5 nitrogen and oxygen atoms in total. The van der Waals surface area contributed by atoms with Gasteiger partial charge in [-0.15, -0.1) is 0 Å². The van der Waals surface area contributed by atoms with Crippen LogP contribution in [0.3, 0.4) is 0 Å². The quantitative estimate of drug-likeness (QED) is 0.592. The van der Waals surface area contributed by atoms with Gasteiger partial charge in [0, 0.05) is 13.0 Å². The molecular formula is C12H24N2O3. The molecule has 17 heavy (non-hydrogen) atoms. The SMILES string of the molecule is CC(C)CNC(=O)CN(C)CCCCC(=O)O. The largest absolute Gasteiger partial charge is 0.481 e. The van der Waals surface area contributed by atoms with Crippen molar-refractivity contribution in [2.24, 2.45) is 5.92 Å². The minimum absolute atomic E-state index is 0.0273. The monoisotopic (exact) mass is 244 g/mol. The number of carboxylic acids is 1. The van der Waals surface area contributed by atoms with E-state index in [1.165, 1.54) is 0 Å². The van der Waals surface area contributed by atoms with Gasteiger partial charge in [-0.1, -0.05) is 13.8 Å². The van der Waals surface area contributed by atoms with Crippen molar-refractivity contribution in [3.63, 3.8) is 0 Å². The zero-order chi connectivity index (χ0) is 13.3. The van der Waals surface area contributed by atoms with Crippen molar-refractivity contribution in [1.29, 1.82) is 0 Å². The molecule has 5 heteroatoms. The van der Waals surface area contributed by atoms with E-state index < -0.39 is 5.97 Å². The van der Waals surface area contributed by atoms with Crippen molar-refractivity contribution in [3.8, 4) is 0 Å². The van der Waals surface area contributed by atoms with Gasteiger partial charge in [0.05, 0.1) is 6.54 Å². The minimum Gasteiger partial charge on any atom is -0.481 e. The van der Waals surface area contributed by atoms with Gasteiger partial charge in [-0.2, -0.15) is 0 Å². The van der Waals surface area contributed by atoms with E-state index in [-0.39, 0.29) is 12.3 Å². The first-order chi connectivity index (χ1) is 7.91. The van der Waals surface area contributed by atoms with Crippen LogP contribution < -0.4 is 5.32 Å². The van der Waals surface area contributed by atoms with Crippen LogP contribution in [-0.4, -0.2) is 48.6 Å². The summed E-state index contributed by atoms with van der Waals surface area (Å²) in [5, 5.41) is 11.3. The van der Waals surface area contributed by atoms with Gasteiger partial charge in [-0.25, -0.2) is 0 Å². The first-order valence-electron chi connectivity index (χ1n) is 6.09. The van der Waals surface area contributed by atoms with Crippen molar-refractivity contribution in [3.05, 3.63) is 0 Å². The zero-order valence-corrected chi connectivity index (χ0v) is 11.0. The van der Waals surface area contributed by atoms with Crippen molar-refractivity contribution < 1.29 is 14.7 Å². The average Bonchev–Trinajstić information content (AvgIpc) is 2.21. The molecule has 0 spiro atoms. The molecule has 0 fully saturated rings. The van der Waals surface area contributed by atoms with Gasteiger partial charge < -0.3 is 10.4 Å². The van der Waals surface area contributed by atoms with E-state index >= 15 is 0 Å². The molecule has 0 saturated heterocycles. The zero-order valence-electron chi connectivity index (χ0n) is 11.0. The van der Waals surface area contributed by atoms with Crippen molar-refractivity contribution >= 4 is 11.9 Å². The van der Waals surface area contributed by atoms with Crippen LogP contribution in [0.25, 0.3) is 0 Å². The predicted octanol–water partition coefficient (Wildman–Crippen LogP) is 0.945. The molecule has 0 aliphatic carbocycles. The highest BCUT2D eigenvalue weighted by Gasteiger charge is 2.06. The van der Waals surface area contributed by atoms with Crippen molar-refractivity contribution in [2.75, 3.05) is 26.7 Å². The van der Waals surface area contributed by atoms with Crippen LogP contribution in [0.5, 0.6) is 0 Å². The second-order valence-electron chi connectivity index (χ2n) is 4.79. The summed E-state index contributed by atoms with van der Waals surface area (Å²) in [5.41, 5.74) is 0. The van der Waals surface area contributed by atoms with E-state index in [0.29, 0.717) is 25.4 Å². The van der Waals surface area contributed by atoms with Gasteiger partial charge in [0.1, 0.15) is 0 Å². The smallest absolute Gasteiger partial charge is 0.303 e. The highest BCUT2D eigenvalue weighted by Crippen LogP contribution is 1.97. The van der Waals surface area contributed by atoms with Crippen LogP contribution >= 0.6 is 0 Å². The molecule has 0 aromatic carbocycles. The van der Waals surface area contributed by atoms with Gasteiger partial charge in [0.15, 0.2) is 0 Å². The molecule has 0 aliphatic heterocycles. The molecule has 0 aromatic heterocycles. The Kier molecular flexibility index (Phi) is 8.40. The maximum atomic E-state index is 11.5. The number of carboxylic acid groups (broad SMARTS) is 1. The van der Waals surface area contributed by atoms with Crippen LogP contribution in [0.1, 0.15) is 33.1 Å². The van der Waals surface area contributed by atoms with Crippen molar-refractivity contribution in [1.82, 2.24) is 10.2 Å². The molecule has 0 radical (unpaired) electrons. The lowest BCUT2D eigenvalue weighted by Crippen LogP contribution is -2.37. The Morgan fingerprint density at radius 2 is 1.94 bits per heavy atom. The Morgan fingerprint density at radius 1 is 1.29 bits per heavy atom. The average molecular weight is 244 g/mol. The fourth-order valence-electron chi connectivity index (χ4n) is 1.36. The second-order valence-corrected chi connectivity index (χ2v) is 4.79. The number of nitrogens with zero attached hydrogens (tertiary/aromatic N) is 1. The highest BCUT2D eigenvalue weighted by atomic mass is 16.4. The fourth-order valence-corrected chi connectivity index (χ4v) is 1.36. The number of amides is 1. The third kappa shape index (κ3) is 11.2. The lowest BCUT2D eigenvalue weighted by Gasteiger charge is -2.16. The van der Waals surface area contributed by atoms with E-state index in [0.717, 1.165) is 13.0 Å². The molecule has 0 aliphatic rings. The van der Waals surface area contributed by atoms with E-state index in [9.17, 15) is 9.59 Å². The van der Waals surface area contributed by atoms with Crippen LogP contribution in [0, 0.1) is 5.92 Å². The summed E-state index contributed by atoms with van der Waals surface area (Å²) in [6.45, 7) is 5.93. The molecule has 100 valence electrons. The van der Waals surface area contributed by atoms with E-state index in [1.54, 1.807) is 0 Å². The number of hydrogen-bond donors (Lipinski definition) is 2. The Labute approximate surface area is 103 Å². The maximum absolute atomic E-state index is 11.5. The van der Waals surface area contributed by atoms with E-state index in [1.807, 2.05) is 11.9 Å². The summed E-state index contributed by atoms with van der Waals surface area (Å²) in [4.78, 5) is 23.7. The van der Waals surface area contributed by atoms with Gasteiger partial charge in [-0.05, 0) is 32.4 Å². The molecule has 0 saturated carbocycles. The normalized spacial score (nSPS) is 10.9. The van der Waals surface area contributed by atoms with Gasteiger partial charge in [0.2, 0.25) is 5.91 Å². The summed E-state index contributed by atoms with van der Waals surface area (Å²) >= 11 is 0. The molecule has 0 unspecified atom stereocenters. The van der Waals surface area contributed by atoms with Crippen molar-refractivity contribution in [2.45, 2.75) is 33.1 Å². The Morgan fingerprint density at radius 3 is 2.47 bits per heavy atom. The molecule has 0 rings (SSSR count). The van der Waals surface area contributed by atoms with E-state index in [2.05, 4.69) is 19.2 Å². The third-order valence-electron chi connectivity index (χ3n) is 2.30. The van der Waals surface area contributed by atoms with Crippen LogP contribution in [0.2, 0.25) is 0 Å². The lowest BCUT2D eigenvalue weighted by atomic mass is 10.2. The van der Waals surface area contributed by atoms with E-state index in [4.69, 9.17) is 5.11 Å². The Bertz CT molecular complexity index is 242. The van der Waals surface area contributed by atoms with Crippen LogP contribution in [0.15, 0.2) is 0 Å². The third-order valence-corrected chi connectivity index (χ3v) is 2.30. The minimum atomic E-state index is -0.762. The van der Waals surface area contributed by atoms with Gasteiger partial charge in [-0.3, -0.25) is 14.5 Å². The first kappa shape index (κ1) is 15.9. The summed E-state index contributed by atoms with van der Waals surface area (Å²) in [5.74, 6) is -0.276. The predicted molar refractivity (Wildman–Crippen MR) is 66.8 cm³/mol. The second kappa shape index (κ2) is 8.98. The lowest BCUT2D eigenvalue weighted by molar-refractivity contribution is -0.137. The van der Waals surface area contributed by atoms with Gasteiger partial charge in [0.25, 0.3) is 0 Å². The van der Waals surface area contributed by atoms with Crippen LogP contribution in [-0.2, 0) is 9.59 Å². The van der Waals surface area contributed by atoms with Crippen LogP contribution in [0.4, 0.5) is 0 Å². The number of likely N-dealkylation sites (N-methyl/N-ethyl adjacent to an activating group) is 1. The molecule has 2 N–H and O–H groups in total. The Hall–Kier alpha value is -1.10. The number of hydrogen-bond acceptors (Lipinski definition) is 3. The fraction of sp³-hybridized carbons (Fsp3) is 0.833. The number of unbranched alkanes of at least 4 members (excludes halogenated alkanes) is 1. The molecule has 0 aromatic rings. The Balaban J connectivity index is 3.53. The number of carbonyl (C=O) groups excluding carboxylic acids is 1. The standard InChI is InChI=1S/C12H24N2O3/c1-10(2)8-13-11(15)9-14(3)7-5-4-6-12(16)17/h10H,4-9H2,1-3H3,(H,13,15)(H,16,17). The maximum Gasteiger partial charge on any atom is 0.303 e. The molecule has 1 amide bonds. The number of rotatable bonds is 9. The summed E-state index contributed by atoms with van der Waals surface area (Å²) in [6.07, 6.45) is 1.67. The molecule has 0 heterocycles. The topological polar surface area (TPSA) is 69.6 Å². The summed E-state index contributed by atoms with van der Waals surface area (Å²) in [6, 6.07) is 0. The van der Waals surface area contributed by atoms with Gasteiger partial charge >= 0.3 is 5.97 Å². The summed E-state index contributed by atoms with van der Waals surface area (Å²) in [7, 11) is 1.87. The molecule has 0 bridgehead atoms.